The predicted molar refractivity (Wildman–Crippen MR) is 118 cm³/mol. The van der Waals surface area contributed by atoms with Crippen LogP contribution in [0.2, 0.25) is 5.15 Å². The molecular weight excluding hydrogens is 422 g/mol. The highest BCUT2D eigenvalue weighted by Crippen LogP contribution is 2.30. The minimum Gasteiger partial charge on any atom is -0.461 e. The summed E-state index contributed by atoms with van der Waals surface area (Å²) >= 11 is 6.28. The summed E-state index contributed by atoms with van der Waals surface area (Å²) in [5.74, 6) is -0.510. The quantitative estimate of drug-likeness (QED) is 0.653. The van der Waals surface area contributed by atoms with Gasteiger partial charge in [0.15, 0.2) is 16.5 Å². The molecule has 1 amide bonds. The molecule has 0 unspecified atom stereocenters. The molecule has 0 bridgehead atoms. The molecule has 3 rings (SSSR count). The van der Waals surface area contributed by atoms with Crippen molar-refractivity contribution >= 4 is 35.0 Å². The molecular formula is C21H30ClN5O4. The Hall–Kier alpha value is -2.55. The SMILES string of the molecule is CCOC(=O)c1cn2nc(Cl)cc(N3C[C@@H](CC)N(C(=O)OC(C)(C)C)C[C@@H]3C)c2n1. The minimum absolute atomic E-state index is 0.0275. The smallest absolute Gasteiger partial charge is 0.410 e. The van der Waals surface area contributed by atoms with E-state index in [0.717, 1.165) is 12.1 Å². The van der Waals surface area contributed by atoms with Gasteiger partial charge in [0.25, 0.3) is 0 Å². The molecule has 0 N–H and O–H groups in total. The zero-order valence-corrected chi connectivity index (χ0v) is 19.6. The second-order valence-corrected chi connectivity index (χ2v) is 9.05. The third kappa shape index (κ3) is 5.03. The maximum Gasteiger partial charge on any atom is 0.410 e. The number of carbonyl (C=O) groups is 2. The van der Waals surface area contributed by atoms with Crippen LogP contribution in [0.4, 0.5) is 10.5 Å². The van der Waals surface area contributed by atoms with E-state index in [4.69, 9.17) is 21.1 Å². The summed E-state index contributed by atoms with van der Waals surface area (Å²) in [6.45, 7) is 12.7. The number of fused-ring (bicyclic) bond motifs is 1. The van der Waals surface area contributed by atoms with Crippen LogP contribution in [0.5, 0.6) is 0 Å². The van der Waals surface area contributed by atoms with Crippen molar-refractivity contribution in [2.24, 2.45) is 0 Å². The number of ether oxygens (including phenoxy) is 2. The Balaban J connectivity index is 1.94. The lowest BCUT2D eigenvalue weighted by molar-refractivity contribution is 0.0106. The Labute approximate surface area is 187 Å². The van der Waals surface area contributed by atoms with E-state index in [2.05, 4.69) is 15.0 Å². The average molecular weight is 452 g/mol. The van der Waals surface area contributed by atoms with E-state index in [0.29, 0.717) is 18.7 Å². The second kappa shape index (κ2) is 8.90. The number of piperazine rings is 1. The average Bonchev–Trinajstić information content (AvgIpc) is 3.10. The summed E-state index contributed by atoms with van der Waals surface area (Å²) in [5, 5.41) is 4.53. The minimum atomic E-state index is -0.556. The molecule has 0 saturated carbocycles. The summed E-state index contributed by atoms with van der Waals surface area (Å²) in [6, 6.07) is 1.67. The summed E-state index contributed by atoms with van der Waals surface area (Å²) in [4.78, 5) is 33.3. The highest BCUT2D eigenvalue weighted by molar-refractivity contribution is 6.29. The van der Waals surface area contributed by atoms with Crippen LogP contribution in [0.3, 0.4) is 0 Å². The summed E-state index contributed by atoms with van der Waals surface area (Å²) < 4.78 is 12.2. The van der Waals surface area contributed by atoms with Gasteiger partial charge in [-0.15, -0.1) is 0 Å². The number of hydrogen-bond acceptors (Lipinski definition) is 7. The first-order valence-corrected chi connectivity index (χ1v) is 10.9. The highest BCUT2D eigenvalue weighted by Gasteiger charge is 2.37. The van der Waals surface area contributed by atoms with Gasteiger partial charge in [0.1, 0.15) is 5.60 Å². The van der Waals surface area contributed by atoms with E-state index < -0.39 is 11.6 Å². The van der Waals surface area contributed by atoms with Crippen molar-refractivity contribution < 1.29 is 19.1 Å². The molecule has 10 heteroatoms. The van der Waals surface area contributed by atoms with Gasteiger partial charge in [-0.1, -0.05) is 18.5 Å². The number of halogens is 1. The van der Waals surface area contributed by atoms with Gasteiger partial charge in [-0.3, -0.25) is 0 Å². The third-order valence-electron chi connectivity index (χ3n) is 5.11. The number of aromatic nitrogens is 3. The lowest BCUT2D eigenvalue weighted by Gasteiger charge is -2.46. The fourth-order valence-electron chi connectivity index (χ4n) is 3.71. The first-order valence-electron chi connectivity index (χ1n) is 10.5. The molecule has 1 fully saturated rings. The van der Waals surface area contributed by atoms with Crippen molar-refractivity contribution in [2.75, 3.05) is 24.6 Å². The number of hydrogen-bond donors (Lipinski definition) is 0. The van der Waals surface area contributed by atoms with Crippen molar-refractivity contribution in [2.45, 2.75) is 65.6 Å². The fourth-order valence-corrected chi connectivity index (χ4v) is 3.90. The van der Waals surface area contributed by atoms with E-state index in [1.54, 1.807) is 17.9 Å². The fraction of sp³-hybridized carbons (Fsp3) is 0.619. The van der Waals surface area contributed by atoms with Crippen LogP contribution in [0.15, 0.2) is 12.3 Å². The number of imidazole rings is 1. The zero-order valence-electron chi connectivity index (χ0n) is 18.9. The van der Waals surface area contributed by atoms with Crippen molar-refractivity contribution in [3.63, 3.8) is 0 Å². The van der Waals surface area contributed by atoms with E-state index >= 15 is 0 Å². The van der Waals surface area contributed by atoms with Crippen molar-refractivity contribution in [3.05, 3.63) is 23.1 Å². The predicted octanol–water partition coefficient (Wildman–Crippen LogP) is 3.78. The topological polar surface area (TPSA) is 89.3 Å². The normalized spacial score (nSPS) is 19.6. The largest absolute Gasteiger partial charge is 0.461 e. The molecule has 2 aromatic heterocycles. The molecule has 9 nitrogen and oxygen atoms in total. The summed E-state index contributed by atoms with van der Waals surface area (Å²) in [7, 11) is 0. The van der Waals surface area contributed by atoms with Crippen LogP contribution in [0, 0.1) is 0 Å². The van der Waals surface area contributed by atoms with Crippen molar-refractivity contribution in [1.29, 1.82) is 0 Å². The number of nitrogens with zero attached hydrogens (tertiary/aromatic N) is 5. The molecule has 1 saturated heterocycles. The number of esters is 1. The van der Waals surface area contributed by atoms with E-state index in [9.17, 15) is 9.59 Å². The molecule has 2 aromatic rings. The van der Waals surface area contributed by atoms with Gasteiger partial charge >= 0.3 is 12.1 Å². The molecule has 2 atom stereocenters. The second-order valence-electron chi connectivity index (χ2n) is 8.66. The first kappa shape index (κ1) is 23.1. The number of rotatable bonds is 4. The first-order chi connectivity index (χ1) is 14.5. The van der Waals surface area contributed by atoms with Crippen LogP contribution in [-0.2, 0) is 9.47 Å². The number of carbonyl (C=O) groups excluding carboxylic acids is 2. The van der Waals surface area contributed by atoms with Gasteiger partial charge in [0, 0.05) is 25.2 Å². The van der Waals surface area contributed by atoms with E-state index in [-0.39, 0.29) is 35.6 Å². The van der Waals surface area contributed by atoms with E-state index in [1.165, 1.54) is 10.7 Å². The molecule has 0 spiro atoms. The van der Waals surface area contributed by atoms with Crippen LogP contribution < -0.4 is 4.90 Å². The van der Waals surface area contributed by atoms with Crippen molar-refractivity contribution in [1.82, 2.24) is 19.5 Å². The third-order valence-corrected chi connectivity index (χ3v) is 5.30. The molecule has 1 aliphatic heterocycles. The van der Waals surface area contributed by atoms with Gasteiger partial charge in [-0.25, -0.2) is 19.1 Å². The maximum atomic E-state index is 12.8. The highest BCUT2D eigenvalue weighted by atomic mass is 35.5. The lowest BCUT2D eigenvalue weighted by Crippen LogP contribution is -2.59. The monoisotopic (exact) mass is 451 g/mol. The van der Waals surface area contributed by atoms with Crippen LogP contribution in [0.1, 0.15) is 58.5 Å². The summed E-state index contributed by atoms with van der Waals surface area (Å²) in [5.41, 5.74) is 0.884. The molecule has 1 aliphatic rings. The molecule has 31 heavy (non-hydrogen) atoms. The Morgan fingerprint density at radius 2 is 1.97 bits per heavy atom. The van der Waals surface area contributed by atoms with Gasteiger partial charge in [-0.2, -0.15) is 5.10 Å². The van der Waals surface area contributed by atoms with E-state index in [1.807, 2.05) is 34.6 Å². The Kier molecular flexibility index (Phi) is 6.64. The Bertz CT molecular complexity index is 971. The Morgan fingerprint density at radius 1 is 1.26 bits per heavy atom. The lowest BCUT2D eigenvalue weighted by atomic mass is 10.0. The van der Waals surface area contributed by atoms with Crippen LogP contribution in [-0.4, -0.2) is 68.9 Å². The van der Waals surface area contributed by atoms with Crippen LogP contribution in [0.25, 0.3) is 5.65 Å². The van der Waals surface area contributed by atoms with Crippen molar-refractivity contribution in [3.8, 4) is 0 Å². The number of amides is 1. The maximum absolute atomic E-state index is 12.8. The number of anilines is 1. The molecule has 0 aliphatic carbocycles. The standard InChI is InChI=1S/C21H30ClN5O4/c1-7-14-11-25(13(3)10-26(14)20(29)31-21(4,5)6)16-9-17(22)24-27-12-15(23-18(16)27)19(28)30-8-2/h9,12-14H,7-8,10-11H2,1-6H3/t13-,14+/m0/s1. The molecule has 170 valence electrons. The molecule has 3 heterocycles. The zero-order chi connectivity index (χ0) is 22.9. The summed E-state index contributed by atoms with van der Waals surface area (Å²) in [6.07, 6.45) is 1.97. The van der Waals surface area contributed by atoms with Gasteiger partial charge < -0.3 is 19.3 Å². The molecule has 0 aromatic carbocycles. The Morgan fingerprint density at radius 3 is 2.58 bits per heavy atom. The van der Waals surface area contributed by atoms with Gasteiger partial charge in [-0.05, 0) is 41.0 Å². The van der Waals surface area contributed by atoms with Crippen LogP contribution >= 0.6 is 11.6 Å². The molecule has 0 radical (unpaired) electrons. The van der Waals surface area contributed by atoms with Gasteiger partial charge in [0.2, 0.25) is 0 Å². The van der Waals surface area contributed by atoms with Gasteiger partial charge in [0.05, 0.1) is 24.5 Å².